The number of nitrogens with two attached hydrogens (primary N) is 1. The first-order chi connectivity index (χ1) is 5.13. The minimum atomic E-state index is -0.751. The maximum Gasteiger partial charge on any atom is 0.325 e. The SMILES string of the molecule is Cc1cccn(C(N)=O)c1=O. The number of primary amides is 1. The smallest absolute Gasteiger partial charge is 0.325 e. The van der Waals surface area contributed by atoms with Crippen molar-refractivity contribution in [1.82, 2.24) is 4.57 Å². The highest BCUT2D eigenvalue weighted by molar-refractivity contribution is 5.74. The van der Waals surface area contributed by atoms with Gasteiger partial charge in [-0.15, -0.1) is 0 Å². The second kappa shape index (κ2) is 2.57. The van der Waals surface area contributed by atoms with Crippen LogP contribution in [0.15, 0.2) is 23.1 Å². The van der Waals surface area contributed by atoms with Gasteiger partial charge >= 0.3 is 6.03 Å². The van der Waals surface area contributed by atoms with E-state index in [4.69, 9.17) is 5.73 Å². The van der Waals surface area contributed by atoms with E-state index in [9.17, 15) is 9.59 Å². The van der Waals surface area contributed by atoms with Crippen molar-refractivity contribution < 1.29 is 4.79 Å². The largest absolute Gasteiger partial charge is 0.351 e. The van der Waals surface area contributed by atoms with E-state index in [2.05, 4.69) is 0 Å². The number of hydrogen-bond acceptors (Lipinski definition) is 2. The van der Waals surface area contributed by atoms with Gasteiger partial charge in [-0.25, -0.2) is 9.36 Å². The Morgan fingerprint density at radius 3 is 2.73 bits per heavy atom. The Bertz CT molecular complexity index is 341. The molecule has 0 bridgehead atoms. The third-order valence-electron chi connectivity index (χ3n) is 1.37. The van der Waals surface area contributed by atoms with Gasteiger partial charge < -0.3 is 5.73 Å². The predicted molar refractivity (Wildman–Crippen MR) is 40.4 cm³/mol. The van der Waals surface area contributed by atoms with Crippen LogP contribution in [0.5, 0.6) is 0 Å². The van der Waals surface area contributed by atoms with Gasteiger partial charge in [0, 0.05) is 11.8 Å². The molecule has 1 amide bonds. The number of aryl methyl sites for hydroxylation is 1. The van der Waals surface area contributed by atoms with Crippen LogP contribution in [0.1, 0.15) is 5.56 Å². The van der Waals surface area contributed by atoms with E-state index in [1.54, 1.807) is 19.1 Å². The molecule has 0 saturated heterocycles. The highest BCUT2D eigenvalue weighted by Gasteiger charge is 2.01. The van der Waals surface area contributed by atoms with Gasteiger partial charge in [0.15, 0.2) is 0 Å². The average molecular weight is 152 g/mol. The molecule has 1 aromatic rings. The molecule has 0 atom stereocenters. The van der Waals surface area contributed by atoms with Gasteiger partial charge in [0.1, 0.15) is 0 Å². The summed E-state index contributed by atoms with van der Waals surface area (Å²) in [7, 11) is 0. The molecule has 0 aromatic carbocycles. The van der Waals surface area contributed by atoms with Crippen LogP contribution in [0.25, 0.3) is 0 Å². The number of carbonyl (C=O) groups excluding carboxylic acids is 1. The normalized spacial score (nSPS) is 9.55. The second-order valence-corrected chi connectivity index (χ2v) is 2.20. The molecule has 0 aliphatic heterocycles. The fourth-order valence-corrected chi connectivity index (χ4v) is 0.776. The molecule has 1 rings (SSSR count). The van der Waals surface area contributed by atoms with E-state index in [-0.39, 0.29) is 5.56 Å². The maximum atomic E-state index is 11.1. The Morgan fingerprint density at radius 1 is 1.64 bits per heavy atom. The van der Waals surface area contributed by atoms with Crippen LogP contribution in [-0.4, -0.2) is 10.6 Å². The van der Waals surface area contributed by atoms with Crippen molar-refractivity contribution in [1.29, 1.82) is 0 Å². The monoisotopic (exact) mass is 152 g/mol. The first kappa shape index (κ1) is 7.53. The molecule has 1 aromatic heterocycles. The maximum absolute atomic E-state index is 11.1. The number of aromatic nitrogens is 1. The molecule has 0 spiro atoms. The minimum Gasteiger partial charge on any atom is -0.351 e. The number of nitrogens with zero attached hydrogens (tertiary/aromatic N) is 1. The number of carbonyl (C=O) groups is 1. The summed E-state index contributed by atoms with van der Waals surface area (Å²) in [6, 6.07) is 2.47. The standard InChI is InChI=1S/C7H8N2O2/c1-5-3-2-4-9(6(5)10)7(8)11/h2-4H,1H3,(H2,8,11). The minimum absolute atomic E-state index is 0.361. The average Bonchev–Trinajstić information content (AvgIpc) is 1.94. The topological polar surface area (TPSA) is 65.1 Å². The summed E-state index contributed by atoms with van der Waals surface area (Å²) in [5.74, 6) is 0. The first-order valence-corrected chi connectivity index (χ1v) is 3.11. The molecule has 0 unspecified atom stereocenters. The van der Waals surface area contributed by atoms with Gasteiger partial charge in [0.2, 0.25) is 0 Å². The van der Waals surface area contributed by atoms with E-state index < -0.39 is 6.03 Å². The Hall–Kier alpha value is -1.58. The lowest BCUT2D eigenvalue weighted by Crippen LogP contribution is -2.31. The zero-order chi connectivity index (χ0) is 8.43. The van der Waals surface area contributed by atoms with Crippen molar-refractivity contribution in [2.75, 3.05) is 0 Å². The fraction of sp³-hybridized carbons (Fsp3) is 0.143. The molecule has 0 aliphatic rings. The van der Waals surface area contributed by atoms with Crippen molar-refractivity contribution in [3.05, 3.63) is 34.2 Å². The van der Waals surface area contributed by atoms with Crippen molar-refractivity contribution in [2.24, 2.45) is 5.73 Å². The summed E-state index contributed by atoms with van der Waals surface area (Å²) < 4.78 is 0.870. The van der Waals surface area contributed by atoms with Gasteiger partial charge in [-0.05, 0) is 13.0 Å². The first-order valence-electron chi connectivity index (χ1n) is 3.11. The predicted octanol–water partition coefficient (Wildman–Crippen LogP) is 0.0835. The van der Waals surface area contributed by atoms with Gasteiger partial charge in [-0.3, -0.25) is 4.79 Å². The summed E-state index contributed by atoms with van der Waals surface area (Å²) in [4.78, 5) is 21.6. The molecule has 0 saturated carbocycles. The Labute approximate surface area is 63.3 Å². The van der Waals surface area contributed by atoms with Crippen molar-refractivity contribution in [3.8, 4) is 0 Å². The van der Waals surface area contributed by atoms with E-state index >= 15 is 0 Å². The van der Waals surface area contributed by atoms with Crippen LogP contribution in [-0.2, 0) is 0 Å². The van der Waals surface area contributed by atoms with E-state index in [1.807, 2.05) is 0 Å². The zero-order valence-corrected chi connectivity index (χ0v) is 6.07. The third-order valence-corrected chi connectivity index (χ3v) is 1.37. The van der Waals surface area contributed by atoms with Gasteiger partial charge in [-0.1, -0.05) is 6.07 Å². The second-order valence-electron chi connectivity index (χ2n) is 2.20. The van der Waals surface area contributed by atoms with Crippen molar-refractivity contribution in [3.63, 3.8) is 0 Å². The summed E-state index contributed by atoms with van der Waals surface area (Å²) in [6.45, 7) is 1.63. The van der Waals surface area contributed by atoms with Crippen LogP contribution in [0.4, 0.5) is 4.79 Å². The van der Waals surface area contributed by atoms with Crippen LogP contribution >= 0.6 is 0 Å². The highest BCUT2D eigenvalue weighted by Crippen LogP contribution is 1.86. The Kier molecular flexibility index (Phi) is 1.76. The van der Waals surface area contributed by atoms with E-state index in [0.29, 0.717) is 5.56 Å². The lowest BCUT2D eigenvalue weighted by atomic mass is 10.3. The quantitative estimate of drug-likeness (QED) is 0.572. The summed E-state index contributed by atoms with van der Waals surface area (Å²) in [6.07, 6.45) is 1.34. The van der Waals surface area contributed by atoms with Crippen LogP contribution < -0.4 is 11.3 Å². The van der Waals surface area contributed by atoms with Crippen LogP contribution in [0.3, 0.4) is 0 Å². The summed E-state index contributed by atoms with van der Waals surface area (Å²) in [5.41, 5.74) is 5.05. The molecule has 58 valence electrons. The Morgan fingerprint density at radius 2 is 2.27 bits per heavy atom. The van der Waals surface area contributed by atoms with Gasteiger partial charge in [0.05, 0.1) is 0 Å². The number of hydrogen-bond donors (Lipinski definition) is 1. The lowest BCUT2D eigenvalue weighted by molar-refractivity contribution is 0.249. The molecular formula is C7H8N2O2. The highest BCUT2D eigenvalue weighted by atomic mass is 16.2. The molecule has 4 heteroatoms. The van der Waals surface area contributed by atoms with E-state index in [1.165, 1.54) is 6.20 Å². The number of amides is 1. The molecule has 0 aliphatic carbocycles. The van der Waals surface area contributed by atoms with Gasteiger partial charge in [-0.2, -0.15) is 0 Å². The van der Waals surface area contributed by atoms with Crippen molar-refractivity contribution >= 4 is 6.03 Å². The molecule has 0 fully saturated rings. The third kappa shape index (κ3) is 1.29. The van der Waals surface area contributed by atoms with Crippen molar-refractivity contribution in [2.45, 2.75) is 6.92 Å². The molecule has 1 heterocycles. The Balaban J connectivity index is 3.40. The molecule has 0 radical (unpaired) electrons. The van der Waals surface area contributed by atoms with Crippen LogP contribution in [0.2, 0.25) is 0 Å². The number of pyridine rings is 1. The summed E-state index contributed by atoms with van der Waals surface area (Å²) >= 11 is 0. The zero-order valence-electron chi connectivity index (χ0n) is 6.07. The molecule has 4 nitrogen and oxygen atoms in total. The van der Waals surface area contributed by atoms with E-state index in [0.717, 1.165) is 4.57 Å². The molecular weight excluding hydrogens is 144 g/mol. The molecule has 2 N–H and O–H groups in total. The fourth-order valence-electron chi connectivity index (χ4n) is 0.776. The van der Waals surface area contributed by atoms with Gasteiger partial charge in [0.25, 0.3) is 5.56 Å². The number of rotatable bonds is 0. The van der Waals surface area contributed by atoms with Crippen LogP contribution in [0, 0.1) is 6.92 Å². The lowest BCUT2D eigenvalue weighted by Gasteiger charge is -1.98. The summed E-state index contributed by atoms with van der Waals surface area (Å²) in [5, 5.41) is 0. The molecule has 11 heavy (non-hydrogen) atoms.